The molecule has 146 valence electrons. The molecule has 1 saturated heterocycles. The van der Waals surface area contributed by atoms with E-state index in [1.807, 2.05) is 0 Å². The van der Waals surface area contributed by atoms with Crippen LogP contribution in [0.25, 0.3) is 0 Å². The first kappa shape index (κ1) is 19.2. The average Bonchev–Trinajstić information content (AvgIpc) is 2.84. The standard InChI is InChI=1S/C17H21N3O6S/c1-17(2,3)26-16(23)19-8-9-20(12(10-19)15(21)22)14-11-6-4-5-7-13(11)27(24,25)18-14/h4-7,12H,8-10H2,1-3H3,(H,21,22)/t12-/m0/s1. The Morgan fingerprint density at radius 3 is 2.52 bits per heavy atom. The van der Waals surface area contributed by atoms with Crippen molar-refractivity contribution in [3.8, 4) is 0 Å². The van der Waals surface area contributed by atoms with Gasteiger partial charge in [0.05, 0.1) is 6.54 Å². The number of ether oxygens (including phenoxy) is 1. The van der Waals surface area contributed by atoms with Gasteiger partial charge in [-0.05, 0) is 32.9 Å². The molecule has 1 aromatic rings. The zero-order chi connectivity index (χ0) is 20.0. The summed E-state index contributed by atoms with van der Waals surface area (Å²) in [5.74, 6) is -1.07. The molecular formula is C17H21N3O6S. The molecule has 0 aliphatic carbocycles. The van der Waals surface area contributed by atoms with Gasteiger partial charge in [-0.2, -0.15) is 8.42 Å². The maximum absolute atomic E-state index is 12.3. The molecular weight excluding hydrogens is 374 g/mol. The van der Waals surface area contributed by atoms with Crippen LogP contribution in [0.5, 0.6) is 0 Å². The monoisotopic (exact) mass is 395 g/mol. The molecule has 3 rings (SSSR count). The van der Waals surface area contributed by atoms with Gasteiger partial charge in [0.15, 0.2) is 5.84 Å². The van der Waals surface area contributed by atoms with Crippen molar-refractivity contribution in [3.05, 3.63) is 29.8 Å². The molecule has 1 fully saturated rings. The smallest absolute Gasteiger partial charge is 0.410 e. The number of fused-ring (bicyclic) bond motifs is 1. The van der Waals surface area contributed by atoms with Crippen LogP contribution in [0.3, 0.4) is 0 Å². The number of carboxylic acid groups (broad SMARTS) is 1. The number of benzene rings is 1. The van der Waals surface area contributed by atoms with E-state index in [1.165, 1.54) is 15.9 Å². The van der Waals surface area contributed by atoms with E-state index < -0.39 is 33.7 Å². The lowest BCUT2D eigenvalue weighted by Crippen LogP contribution is -2.59. The fraction of sp³-hybridized carbons (Fsp3) is 0.471. The van der Waals surface area contributed by atoms with Gasteiger partial charge >= 0.3 is 12.1 Å². The van der Waals surface area contributed by atoms with Crippen molar-refractivity contribution < 1.29 is 27.9 Å². The van der Waals surface area contributed by atoms with Crippen molar-refractivity contribution in [1.82, 2.24) is 9.80 Å². The zero-order valence-corrected chi connectivity index (χ0v) is 16.1. The lowest BCUT2D eigenvalue weighted by molar-refractivity contribution is -0.143. The van der Waals surface area contributed by atoms with Gasteiger partial charge in [0, 0.05) is 18.7 Å². The summed E-state index contributed by atoms with van der Waals surface area (Å²) >= 11 is 0. The first-order valence-electron chi connectivity index (χ1n) is 8.41. The van der Waals surface area contributed by atoms with Crippen LogP contribution in [0.15, 0.2) is 33.6 Å². The molecule has 2 aliphatic heterocycles. The Morgan fingerprint density at radius 1 is 1.22 bits per heavy atom. The molecule has 2 aliphatic rings. The van der Waals surface area contributed by atoms with E-state index in [1.54, 1.807) is 39.0 Å². The normalized spacial score (nSPS) is 21.4. The highest BCUT2D eigenvalue weighted by Crippen LogP contribution is 2.29. The van der Waals surface area contributed by atoms with Gasteiger partial charge in [-0.1, -0.05) is 12.1 Å². The van der Waals surface area contributed by atoms with E-state index in [9.17, 15) is 23.1 Å². The van der Waals surface area contributed by atoms with Crippen molar-refractivity contribution >= 4 is 27.9 Å². The molecule has 0 unspecified atom stereocenters. The number of sulfonamides is 1. The molecule has 1 N–H and O–H groups in total. The number of carbonyl (C=O) groups is 2. The Kier molecular flexibility index (Phi) is 4.62. The summed E-state index contributed by atoms with van der Waals surface area (Å²) in [5.41, 5.74) is -0.329. The number of amidine groups is 1. The molecule has 0 bridgehead atoms. The summed E-state index contributed by atoms with van der Waals surface area (Å²) in [6.45, 7) is 5.37. The molecule has 2 heterocycles. The molecule has 10 heteroatoms. The highest BCUT2D eigenvalue weighted by Gasteiger charge is 2.41. The van der Waals surface area contributed by atoms with Gasteiger partial charge in [0.1, 0.15) is 16.5 Å². The van der Waals surface area contributed by atoms with Crippen LogP contribution in [0.2, 0.25) is 0 Å². The van der Waals surface area contributed by atoms with E-state index in [4.69, 9.17) is 4.74 Å². The summed E-state index contributed by atoms with van der Waals surface area (Å²) in [6.07, 6.45) is -0.602. The quantitative estimate of drug-likeness (QED) is 0.758. The SMILES string of the molecule is CC(C)(C)OC(=O)N1CCN(C2=NS(=O)(=O)c3ccccc32)[C@H](C(=O)O)C1. The number of hydrogen-bond donors (Lipinski definition) is 1. The molecule has 1 aromatic carbocycles. The second-order valence-electron chi connectivity index (χ2n) is 7.36. The van der Waals surface area contributed by atoms with Crippen LogP contribution in [0.1, 0.15) is 26.3 Å². The molecule has 27 heavy (non-hydrogen) atoms. The number of hydrogen-bond acceptors (Lipinski definition) is 6. The molecule has 1 atom stereocenters. The highest BCUT2D eigenvalue weighted by molar-refractivity contribution is 7.90. The molecule has 9 nitrogen and oxygen atoms in total. The summed E-state index contributed by atoms with van der Waals surface area (Å²) in [5, 5.41) is 9.65. The summed E-state index contributed by atoms with van der Waals surface area (Å²) < 4.78 is 33.6. The van der Waals surface area contributed by atoms with Crippen LogP contribution >= 0.6 is 0 Å². The van der Waals surface area contributed by atoms with E-state index in [-0.39, 0.29) is 30.4 Å². The van der Waals surface area contributed by atoms with Crippen molar-refractivity contribution in [3.63, 3.8) is 0 Å². The van der Waals surface area contributed by atoms with Gasteiger partial charge in [-0.25, -0.2) is 9.59 Å². The summed E-state index contributed by atoms with van der Waals surface area (Å²) in [6, 6.07) is 5.16. The largest absolute Gasteiger partial charge is 0.480 e. The third kappa shape index (κ3) is 3.75. The van der Waals surface area contributed by atoms with Gasteiger partial charge < -0.3 is 19.6 Å². The van der Waals surface area contributed by atoms with E-state index >= 15 is 0 Å². The second-order valence-corrected chi connectivity index (χ2v) is 8.93. The Labute approximate surface area is 157 Å². The predicted octanol–water partition coefficient (Wildman–Crippen LogP) is 1.14. The number of piperazine rings is 1. The summed E-state index contributed by atoms with van der Waals surface area (Å²) in [7, 11) is -3.86. The Morgan fingerprint density at radius 2 is 1.89 bits per heavy atom. The number of carboxylic acids is 1. The molecule has 0 saturated carbocycles. The van der Waals surface area contributed by atoms with E-state index in [0.717, 1.165) is 0 Å². The first-order chi connectivity index (χ1) is 12.5. The van der Waals surface area contributed by atoms with Crippen molar-refractivity contribution in [2.75, 3.05) is 19.6 Å². The molecule has 0 aromatic heterocycles. The van der Waals surface area contributed by atoms with Crippen molar-refractivity contribution in [2.24, 2.45) is 4.40 Å². The van der Waals surface area contributed by atoms with Gasteiger partial charge in [-0.15, -0.1) is 4.40 Å². The average molecular weight is 395 g/mol. The lowest BCUT2D eigenvalue weighted by atomic mass is 10.1. The van der Waals surface area contributed by atoms with Crippen LogP contribution in [-0.4, -0.2) is 72.5 Å². The van der Waals surface area contributed by atoms with Crippen molar-refractivity contribution in [1.29, 1.82) is 0 Å². The van der Waals surface area contributed by atoms with E-state index in [2.05, 4.69) is 4.40 Å². The third-order valence-corrected chi connectivity index (χ3v) is 5.53. The zero-order valence-electron chi connectivity index (χ0n) is 15.2. The van der Waals surface area contributed by atoms with E-state index in [0.29, 0.717) is 5.56 Å². The predicted molar refractivity (Wildman–Crippen MR) is 96.1 cm³/mol. The topological polar surface area (TPSA) is 117 Å². The third-order valence-electron chi connectivity index (χ3n) is 4.20. The summed E-state index contributed by atoms with van der Waals surface area (Å²) in [4.78, 5) is 26.9. The molecule has 0 radical (unpaired) electrons. The van der Waals surface area contributed by atoms with Gasteiger partial charge in [0.25, 0.3) is 10.0 Å². The second kappa shape index (κ2) is 6.52. The lowest BCUT2D eigenvalue weighted by Gasteiger charge is -2.40. The minimum atomic E-state index is -3.86. The van der Waals surface area contributed by atoms with Crippen LogP contribution in [0.4, 0.5) is 4.79 Å². The minimum Gasteiger partial charge on any atom is -0.480 e. The molecule has 0 spiro atoms. The van der Waals surface area contributed by atoms with Crippen LogP contribution < -0.4 is 0 Å². The minimum absolute atomic E-state index is 0.0544. The van der Waals surface area contributed by atoms with Crippen LogP contribution in [0, 0.1) is 0 Å². The Bertz CT molecular complexity index is 919. The fourth-order valence-electron chi connectivity index (χ4n) is 3.04. The Hall–Kier alpha value is -2.62. The van der Waals surface area contributed by atoms with Gasteiger partial charge in [0.2, 0.25) is 0 Å². The number of carbonyl (C=O) groups excluding carboxylic acids is 1. The fourth-order valence-corrected chi connectivity index (χ4v) is 4.25. The Balaban J connectivity index is 1.88. The number of rotatable bonds is 1. The van der Waals surface area contributed by atoms with Crippen molar-refractivity contribution in [2.45, 2.75) is 37.3 Å². The first-order valence-corrected chi connectivity index (χ1v) is 9.85. The maximum Gasteiger partial charge on any atom is 0.410 e. The molecule has 1 amide bonds. The number of aliphatic carboxylic acids is 1. The highest BCUT2D eigenvalue weighted by atomic mass is 32.2. The number of amides is 1. The maximum atomic E-state index is 12.3. The number of nitrogens with zero attached hydrogens (tertiary/aromatic N) is 3. The van der Waals surface area contributed by atoms with Gasteiger partial charge in [-0.3, -0.25) is 0 Å². The van der Waals surface area contributed by atoms with Crippen LogP contribution in [-0.2, 0) is 19.6 Å².